The van der Waals surface area contributed by atoms with E-state index < -0.39 is 27.8 Å². The summed E-state index contributed by atoms with van der Waals surface area (Å²) in [5.41, 5.74) is 1.08. The van der Waals surface area contributed by atoms with E-state index in [0.717, 1.165) is 22.0 Å². The Morgan fingerprint density at radius 1 is 1.00 bits per heavy atom. The number of piperazine rings is 1. The maximum atomic E-state index is 13.4. The molecule has 2 aromatic carbocycles. The zero-order valence-corrected chi connectivity index (χ0v) is 17.0. The van der Waals surface area contributed by atoms with Crippen LogP contribution in [0.25, 0.3) is 0 Å². The molecule has 0 radical (unpaired) electrons. The van der Waals surface area contributed by atoms with Crippen LogP contribution in [0.4, 0.5) is 8.78 Å². The van der Waals surface area contributed by atoms with Crippen molar-refractivity contribution in [3.8, 4) is 5.75 Å². The molecule has 9 heteroatoms. The Bertz CT molecular complexity index is 988. The molecule has 0 saturated carbocycles. The Morgan fingerprint density at radius 2 is 1.62 bits per heavy atom. The highest BCUT2D eigenvalue weighted by molar-refractivity contribution is 7.89. The van der Waals surface area contributed by atoms with Crippen molar-refractivity contribution in [1.29, 1.82) is 0 Å². The molecule has 1 saturated heterocycles. The minimum absolute atomic E-state index is 0.0598. The third-order valence-electron chi connectivity index (χ3n) is 4.76. The number of halogens is 2. The molecule has 0 N–H and O–H groups in total. The second-order valence-corrected chi connectivity index (χ2v) is 8.82. The van der Waals surface area contributed by atoms with Crippen LogP contribution in [0.5, 0.6) is 5.75 Å². The maximum Gasteiger partial charge on any atom is 0.263 e. The molecule has 156 valence electrons. The van der Waals surface area contributed by atoms with Crippen molar-refractivity contribution in [3.05, 3.63) is 59.7 Å². The van der Waals surface area contributed by atoms with Crippen LogP contribution < -0.4 is 4.74 Å². The van der Waals surface area contributed by atoms with Gasteiger partial charge in [-0.05, 0) is 44.2 Å². The van der Waals surface area contributed by atoms with E-state index in [-0.39, 0.29) is 37.0 Å². The molecule has 1 aliphatic heterocycles. The van der Waals surface area contributed by atoms with E-state index in [4.69, 9.17) is 4.74 Å². The van der Waals surface area contributed by atoms with Crippen molar-refractivity contribution in [1.82, 2.24) is 9.21 Å². The normalized spacial score (nSPS) is 16.5. The standard InChI is InChI=1S/C20H22F2N2O4S/c1-14-3-5-16(6-4-14)28-15(2)20(25)23-9-11-24(12-10-23)29(26,27)17-7-8-18(21)19(22)13-17/h3-8,13,15H,9-12H2,1-2H3. The molecule has 1 aliphatic rings. The van der Waals surface area contributed by atoms with Crippen LogP contribution in [-0.2, 0) is 14.8 Å². The lowest BCUT2D eigenvalue weighted by molar-refractivity contribution is -0.139. The molecule has 3 rings (SSSR count). The summed E-state index contributed by atoms with van der Waals surface area (Å²) in [4.78, 5) is 13.8. The molecule has 0 spiro atoms. The first-order valence-corrected chi connectivity index (χ1v) is 10.6. The summed E-state index contributed by atoms with van der Waals surface area (Å²) in [7, 11) is -3.97. The van der Waals surface area contributed by atoms with E-state index in [1.54, 1.807) is 19.1 Å². The predicted octanol–water partition coefficient (Wildman–Crippen LogP) is 2.57. The summed E-state index contributed by atoms with van der Waals surface area (Å²) < 4.78 is 58.6. The molecule has 1 amide bonds. The number of aryl methyl sites for hydroxylation is 1. The van der Waals surface area contributed by atoms with Crippen LogP contribution in [0.3, 0.4) is 0 Å². The molecular weight excluding hydrogens is 402 g/mol. The highest BCUT2D eigenvalue weighted by Gasteiger charge is 2.32. The number of benzene rings is 2. The summed E-state index contributed by atoms with van der Waals surface area (Å²) in [6.45, 7) is 4.08. The van der Waals surface area contributed by atoms with Gasteiger partial charge in [0.1, 0.15) is 5.75 Å². The van der Waals surface area contributed by atoms with Crippen molar-refractivity contribution in [3.63, 3.8) is 0 Å². The summed E-state index contributed by atoms with van der Waals surface area (Å²) >= 11 is 0. The molecule has 29 heavy (non-hydrogen) atoms. The van der Waals surface area contributed by atoms with E-state index in [2.05, 4.69) is 0 Å². The molecule has 0 aromatic heterocycles. The lowest BCUT2D eigenvalue weighted by atomic mass is 10.2. The van der Waals surface area contributed by atoms with Crippen LogP contribution >= 0.6 is 0 Å². The number of sulfonamides is 1. The van der Waals surface area contributed by atoms with Gasteiger partial charge in [0.15, 0.2) is 17.7 Å². The van der Waals surface area contributed by atoms with Gasteiger partial charge in [0.2, 0.25) is 10.0 Å². The number of hydrogen-bond donors (Lipinski definition) is 0. The van der Waals surface area contributed by atoms with E-state index in [1.165, 1.54) is 4.90 Å². The minimum atomic E-state index is -3.97. The van der Waals surface area contributed by atoms with Gasteiger partial charge in [0.05, 0.1) is 4.90 Å². The van der Waals surface area contributed by atoms with Gasteiger partial charge in [-0.3, -0.25) is 4.79 Å². The van der Waals surface area contributed by atoms with Crippen LogP contribution in [-0.4, -0.2) is 55.8 Å². The number of amides is 1. The predicted molar refractivity (Wildman–Crippen MR) is 103 cm³/mol. The van der Waals surface area contributed by atoms with Gasteiger partial charge in [0, 0.05) is 26.2 Å². The van der Waals surface area contributed by atoms with Gasteiger partial charge in [-0.2, -0.15) is 4.31 Å². The highest BCUT2D eigenvalue weighted by Crippen LogP contribution is 2.21. The van der Waals surface area contributed by atoms with Crippen LogP contribution in [0.2, 0.25) is 0 Å². The molecule has 2 aromatic rings. The minimum Gasteiger partial charge on any atom is -0.481 e. The second kappa shape index (κ2) is 8.46. The van der Waals surface area contributed by atoms with Gasteiger partial charge in [-0.15, -0.1) is 0 Å². The monoisotopic (exact) mass is 424 g/mol. The SMILES string of the molecule is Cc1ccc(OC(C)C(=O)N2CCN(S(=O)(=O)c3ccc(F)c(F)c3)CC2)cc1. The van der Waals surface area contributed by atoms with E-state index >= 15 is 0 Å². The molecule has 0 bridgehead atoms. The van der Waals surface area contributed by atoms with E-state index in [9.17, 15) is 22.0 Å². The maximum absolute atomic E-state index is 13.4. The van der Waals surface area contributed by atoms with Crippen LogP contribution in [0.1, 0.15) is 12.5 Å². The topological polar surface area (TPSA) is 66.9 Å². The van der Waals surface area contributed by atoms with E-state index in [0.29, 0.717) is 11.8 Å². The Kier molecular flexibility index (Phi) is 6.18. The molecule has 1 atom stereocenters. The van der Waals surface area contributed by atoms with Crippen molar-refractivity contribution >= 4 is 15.9 Å². The van der Waals surface area contributed by atoms with Crippen molar-refractivity contribution in [2.45, 2.75) is 24.8 Å². The number of nitrogens with zero attached hydrogens (tertiary/aromatic N) is 2. The second-order valence-electron chi connectivity index (χ2n) is 6.88. The van der Waals surface area contributed by atoms with E-state index in [1.807, 2.05) is 19.1 Å². The average molecular weight is 424 g/mol. The number of hydrogen-bond acceptors (Lipinski definition) is 4. The highest BCUT2D eigenvalue weighted by atomic mass is 32.2. The summed E-state index contributed by atoms with van der Waals surface area (Å²) in [6, 6.07) is 9.81. The quantitative estimate of drug-likeness (QED) is 0.740. The fourth-order valence-corrected chi connectivity index (χ4v) is 4.50. The van der Waals surface area contributed by atoms with Gasteiger partial charge in [-0.1, -0.05) is 17.7 Å². The third kappa shape index (κ3) is 4.73. The number of carbonyl (C=O) groups excluding carboxylic acids is 1. The summed E-state index contributed by atoms with van der Waals surface area (Å²) in [6.07, 6.45) is -0.716. The average Bonchev–Trinajstić information content (AvgIpc) is 2.71. The lowest BCUT2D eigenvalue weighted by Crippen LogP contribution is -2.53. The smallest absolute Gasteiger partial charge is 0.263 e. The Labute approximate surface area is 168 Å². The zero-order valence-electron chi connectivity index (χ0n) is 16.1. The summed E-state index contributed by atoms with van der Waals surface area (Å²) in [5, 5.41) is 0. The number of ether oxygens (including phenoxy) is 1. The molecule has 1 fully saturated rings. The van der Waals surface area contributed by atoms with Gasteiger partial charge in [0.25, 0.3) is 5.91 Å². The first-order chi connectivity index (χ1) is 13.7. The fourth-order valence-electron chi connectivity index (χ4n) is 3.06. The molecular formula is C20H22F2N2O4S. The van der Waals surface area contributed by atoms with Gasteiger partial charge < -0.3 is 9.64 Å². The van der Waals surface area contributed by atoms with Crippen molar-refractivity contribution in [2.75, 3.05) is 26.2 Å². The molecule has 0 aliphatic carbocycles. The molecule has 1 heterocycles. The lowest BCUT2D eigenvalue weighted by Gasteiger charge is -2.35. The Balaban J connectivity index is 1.61. The molecule has 1 unspecified atom stereocenters. The fraction of sp³-hybridized carbons (Fsp3) is 0.350. The zero-order chi connectivity index (χ0) is 21.2. The van der Waals surface area contributed by atoms with Crippen molar-refractivity contribution in [2.24, 2.45) is 0 Å². The van der Waals surface area contributed by atoms with Crippen LogP contribution in [0.15, 0.2) is 47.4 Å². The van der Waals surface area contributed by atoms with Crippen molar-refractivity contribution < 1.29 is 26.7 Å². The first-order valence-electron chi connectivity index (χ1n) is 9.16. The van der Waals surface area contributed by atoms with Crippen LogP contribution in [0, 0.1) is 18.6 Å². The first kappa shape index (κ1) is 21.2. The number of carbonyl (C=O) groups is 1. The summed E-state index contributed by atoms with van der Waals surface area (Å²) in [5.74, 6) is -1.99. The van der Waals surface area contributed by atoms with Gasteiger partial charge >= 0.3 is 0 Å². The Hall–Kier alpha value is -2.52. The number of rotatable bonds is 5. The Morgan fingerprint density at radius 3 is 2.21 bits per heavy atom. The largest absolute Gasteiger partial charge is 0.481 e. The third-order valence-corrected chi connectivity index (χ3v) is 6.66. The molecule has 6 nitrogen and oxygen atoms in total. The van der Waals surface area contributed by atoms with Gasteiger partial charge in [-0.25, -0.2) is 17.2 Å².